The molecule has 3 fully saturated rings. The minimum Gasteiger partial charge on any atom is -0.497 e. The Hall–Kier alpha value is -2.83. The molecule has 0 radical (unpaired) electrons. The van der Waals surface area contributed by atoms with Crippen molar-refractivity contribution in [1.82, 2.24) is 4.90 Å². The molecule has 4 atom stereocenters. The van der Waals surface area contributed by atoms with Crippen LogP contribution in [0.15, 0.2) is 42.0 Å². The van der Waals surface area contributed by atoms with Crippen molar-refractivity contribution in [2.24, 2.45) is 5.92 Å². The van der Waals surface area contributed by atoms with Gasteiger partial charge in [0.05, 0.1) is 25.2 Å². The van der Waals surface area contributed by atoms with Gasteiger partial charge in [0.1, 0.15) is 5.75 Å². The molecule has 2 aromatic carbocycles. The SMILES string of the molecule is COc1ccc(/C=C2\C[C@@]3(O)[C@H]4Cc5ccc(OC)c6c5[C@@]3(CCN4CC3CC3)[C@@H](O6)C2=O)cc1. The van der Waals surface area contributed by atoms with Crippen LogP contribution in [0.25, 0.3) is 6.08 Å². The summed E-state index contributed by atoms with van der Waals surface area (Å²) in [6.07, 6.45) is 5.55. The first-order chi connectivity index (χ1) is 17.0. The third-order valence-electron chi connectivity index (χ3n) is 9.19. The molecule has 182 valence electrons. The molecule has 7 rings (SSSR count). The molecule has 1 N–H and O–H groups in total. The summed E-state index contributed by atoms with van der Waals surface area (Å²) in [6.45, 7) is 1.91. The molecule has 3 aliphatic carbocycles. The largest absolute Gasteiger partial charge is 0.497 e. The van der Waals surface area contributed by atoms with Gasteiger partial charge in [-0.1, -0.05) is 18.2 Å². The number of rotatable bonds is 5. The van der Waals surface area contributed by atoms with E-state index in [0.717, 1.165) is 42.3 Å². The van der Waals surface area contributed by atoms with Crippen molar-refractivity contribution in [3.63, 3.8) is 0 Å². The molecular formula is C29H31NO5. The monoisotopic (exact) mass is 473 g/mol. The number of aliphatic hydroxyl groups is 1. The van der Waals surface area contributed by atoms with E-state index in [9.17, 15) is 9.90 Å². The Labute approximate surface area is 205 Å². The van der Waals surface area contributed by atoms with Gasteiger partial charge in [-0.2, -0.15) is 0 Å². The van der Waals surface area contributed by atoms with Crippen molar-refractivity contribution < 1.29 is 24.1 Å². The van der Waals surface area contributed by atoms with Crippen LogP contribution in [0.3, 0.4) is 0 Å². The maximum Gasteiger partial charge on any atom is 0.200 e. The lowest BCUT2D eigenvalue weighted by atomic mass is 9.48. The van der Waals surface area contributed by atoms with Crippen LogP contribution in [-0.4, -0.2) is 60.8 Å². The van der Waals surface area contributed by atoms with Crippen LogP contribution >= 0.6 is 0 Å². The first kappa shape index (κ1) is 21.5. The number of likely N-dealkylation sites (tertiary alicyclic amines) is 1. The number of nitrogens with zero attached hydrogens (tertiary/aromatic N) is 1. The molecule has 0 aromatic heterocycles. The van der Waals surface area contributed by atoms with Gasteiger partial charge in [0.15, 0.2) is 23.4 Å². The van der Waals surface area contributed by atoms with E-state index in [1.807, 2.05) is 36.4 Å². The number of benzene rings is 2. The Bertz CT molecular complexity index is 1250. The Morgan fingerprint density at radius 3 is 2.66 bits per heavy atom. The van der Waals surface area contributed by atoms with Crippen molar-refractivity contribution in [3.05, 3.63) is 58.7 Å². The van der Waals surface area contributed by atoms with Gasteiger partial charge >= 0.3 is 0 Å². The maximum atomic E-state index is 14.0. The fraction of sp³-hybridized carbons (Fsp3) is 0.483. The first-order valence-electron chi connectivity index (χ1n) is 12.7. The van der Waals surface area contributed by atoms with Gasteiger partial charge in [0.25, 0.3) is 0 Å². The number of methoxy groups -OCH3 is 2. The number of carbonyl (C=O) groups is 1. The zero-order chi connectivity index (χ0) is 23.9. The molecule has 0 amide bonds. The van der Waals surface area contributed by atoms with Crippen LogP contribution in [-0.2, 0) is 16.6 Å². The smallest absolute Gasteiger partial charge is 0.200 e. The minimum absolute atomic E-state index is 0.0222. The van der Waals surface area contributed by atoms with Crippen molar-refractivity contribution in [2.45, 2.75) is 55.3 Å². The molecule has 0 unspecified atom stereocenters. The number of Topliss-reactive ketones (excluding diaryl/α,β-unsaturated/α-hetero) is 1. The number of hydrogen-bond acceptors (Lipinski definition) is 6. The van der Waals surface area contributed by atoms with Crippen LogP contribution in [0.2, 0.25) is 0 Å². The summed E-state index contributed by atoms with van der Waals surface area (Å²) in [5.74, 6) is 2.77. The van der Waals surface area contributed by atoms with Crippen LogP contribution < -0.4 is 14.2 Å². The highest BCUT2D eigenvalue weighted by Crippen LogP contribution is 2.65. The van der Waals surface area contributed by atoms with E-state index in [4.69, 9.17) is 14.2 Å². The van der Waals surface area contributed by atoms with E-state index in [1.165, 1.54) is 18.4 Å². The fourth-order valence-electron chi connectivity index (χ4n) is 7.36. The number of ether oxygens (including phenoxy) is 3. The van der Waals surface area contributed by atoms with E-state index in [0.29, 0.717) is 29.9 Å². The summed E-state index contributed by atoms with van der Waals surface area (Å²) in [6, 6.07) is 11.7. The molecule has 2 saturated carbocycles. The third kappa shape index (κ3) is 2.81. The summed E-state index contributed by atoms with van der Waals surface area (Å²) in [5.41, 5.74) is 1.94. The normalized spacial score (nSPS) is 33.9. The number of ketones is 1. The van der Waals surface area contributed by atoms with Gasteiger partial charge in [0, 0.05) is 30.1 Å². The Morgan fingerprint density at radius 1 is 1.14 bits per heavy atom. The lowest BCUT2D eigenvalue weighted by molar-refractivity contribution is -0.179. The summed E-state index contributed by atoms with van der Waals surface area (Å²) in [4.78, 5) is 16.5. The van der Waals surface area contributed by atoms with Gasteiger partial charge in [-0.25, -0.2) is 0 Å². The molecule has 2 aromatic rings. The molecule has 6 heteroatoms. The fourth-order valence-corrected chi connectivity index (χ4v) is 7.36. The molecule has 5 aliphatic rings. The first-order valence-corrected chi connectivity index (χ1v) is 12.7. The topological polar surface area (TPSA) is 68.2 Å². The second-order valence-corrected chi connectivity index (χ2v) is 10.9. The van der Waals surface area contributed by atoms with Crippen LogP contribution in [0.5, 0.6) is 17.2 Å². The van der Waals surface area contributed by atoms with E-state index < -0.39 is 17.1 Å². The number of piperidine rings is 1. The highest BCUT2D eigenvalue weighted by molar-refractivity contribution is 6.06. The second kappa shape index (κ2) is 7.34. The predicted octanol–water partition coefficient (Wildman–Crippen LogP) is 3.53. The van der Waals surface area contributed by atoms with Gasteiger partial charge < -0.3 is 19.3 Å². The van der Waals surface area contributed by atoms with Crippen LogP contribution in [0, 0.1) is 5.92 Å². The highest BCUT2D eigenvalue weighted by atomic mass is 16.5. The van der Waals surface area contributed by atoms with E-state index >= 15 is 0 Å². The molecule has 2 aliphatic heterocycles. The lowest BCUT2D eigenvalue weighted by Gasteiger charge is -2.62. The van der Waals surface area contributed by atoms with E-state index in [1.54, 1.807) is 14.2 Å². The zero-order valence-electron chi connectivity index (χ0n) is 20.3. The summed E-state index contributed by atoms with van der Waals surface area (Å²) >= 11 is 0. The van der Waals surface area contributed by atoms with Gasteiger partial charge in [0.2, 0.25) is 0 Å². The summed E-state index contributed by atoms with van der Waals surface area (Å²) in [5, 5.41) is 12.8. The van der Waals surface area contributed by atoms with Crippen LogP contribution in [0.1, 0.15) is 42.4 Å². The van der Waals surface area contributed by atoms with Crippen molar-refractivity contribution in [2.75, 3.05) is 27.3 Å². The molecular weight excluding hydrogens is 442 g/mol. The Morgan fingerprint density at radius 2 is 1.94 bits per heavy atom. The highest BCUT2D eigenvalue weighted by Gasteiger charge is 2.74. The molecule has 6 nitrogen and oxygen atoms in total. The van der Waals surface area contributed by atoms with Gasteiger partial charge in [-0.05, 0) is 73.5 Å². The molecule has 2 heterocycles. The Balaban J connectivity index is 1.38. The van der Waals surface area contributed by atoms with Crippen molar-refractivity contribution >= 4 is 11.9 Å². The minimum atomic E-state index is -1.08. The maximum absolute atomic E-state index is 14.0. The van der Waals surface area contributed by atoms with Gasteiger partial charge in [-0.3, -0.25) is 9.69 Å². The van der Waals surface area contributed by atoms with E-state index in [-0.39, 0.29) is 11.8 Å². The molecule has 1 saturated heterocycles. The zero-order valence-corrected chi connectivity index (χ0v) is 20.3. The van der Waals surface area contributed by atoms with E-state index in [2.05, 4.69) is 11.0 Å². The average molecular weight is 474 g/mol. The second-order valence-electron chi connectivity index (χ2n) is 10.9. The van der Waals surface area contributed by atoms with Gasteiger partial charge in [-0.15, -0.1) is 0 Å². The Kier molecular flexibility index (Phi) is 4.50. The lowest BCUT2D eigenvalue weighted by Crippen LogP contribution is -2.77. The summed E-state index contributed by atoms with van der Waals surface area (Å²) in [7, 11) is 3.27. The molecule has 1 spiro atoms. The molecule has 2 bridgehead atoms. The third-order valence-corrected chi connectivity index (χ3v) is 9.19. The molecule has 35 heavy (non-hydrogen) atoms. The van der Waals surface area contributed by atoms with Crippen molar-refractivity contribution in [1.29, 1.82) is 0 Å². The van der Waals surface area contributed by atoms with Crippen molar-refractivity contribution in [3.8, 4) is 17.2 Å². The number of carbonyl (C=O) groups excluding carboxylic acids is 1. The standard InChI is InChI=1S/C29H31NO5/c1-33-21-8-5-17(6-9-21)13-20-15-29(32)23-14-19-7-10-22(34-2)26-24(19)28(29,27(35-26)25(20)31)11-12-30(23)16-18-3-4-18/h5-10,13,18,23,27,32H,3-4,11-12,14-16H2,1-2H3/b20-13+/t23-,27+,28+,29-/m1/s1. The quantitative estimate of drug-likeness (QED) is 0.671. The van der Waals surface area contributed by atoms with Crippen LogP contribution in [0.4, 0.5) is 0 Å². The summed E-state index contributed by atoms with van der Waals surface area (Å²) < 4.78 is 17.4. The average Bonchev–Trinajstić information content (AvgIpc) is 3.61. The predicted molar refractivity (Wildman–Crippen MR) is 131 cm³/mol. The number of hydrogen-bond donors (Lipinski definition) is 1.